The topological polar surface area (TPSA) is 53.1 Å². The molecule has 0 aromatic rings. The number of nitriles is 1. The zero-order chi connectivity index (χ0) is 14.5. The summed E-state index contributed by atoms with van der Waals surface area (Å²) in [6, 6.07) is 2.18. The van der Waals surface area contributed by atoms with Crippen LogP contribution in [0.2, 0.25) is 0 Å². The number of hydrogen-bond donors (Lipinski definition) is 1. The highest BCUT2D eigenvalue weighted by Gasteiger charge is 2.27. The summed E-state index contributed by atoms with van der Waals surface area (Å²) >= 11 is 0. The number of nitrogens with two attached hydrogens (primary N) is 1. The number of rotatable bonds is 4. The summed E-state index contributed by atoms with van der Waals surface area (Å²) in [5, 5.41) is 8.91. The van der Waals surface area contributed by atoms with Crippen molar-refractivity contribution in [1.82, 2.24) is 4.90 Å². The molecule has 1 saturated heterocycles. The lowest BCUT2D eigenvalue weighted by Gasteiger charge is -2.30. The lowest BCUT2D eigenvalue weighted by atomic mass is 9.77. The Morgan fingerprint density at radius 1 is 1.21 bits per heavy atom. The summed E-state index contributed by atoms with van der Waals surface area (Å²) in [6.07, 6.45) is 5.79. The van der Waals surface area contributed by atoms with E-state index in [2.05, 4.69) is 31.7 Å². The van der Waals surface area contributed by atoms with Gasteiger partial charge in [-0.15, -0.1) is 0 Å². The molecule has 2 N–H and O–H groups in total. The fourth-order valence-electron chi connectivity index (χ4n) is 2.97. The summed E-state index contributed by atoms with van der Waals surface area (Å²) in [6.45, 7) is 12.4. The Kier molecular flexibility index (Phi) is 5.82. The molecule has 1 fully saturated rings. The maximum atomic E-state index is 8.91. The number of nitrogens with zero attached hydrogens (tertiary/aromatic N) is 2. The van der Waals surface area contributed by atoms with Crippen LogP contribution in [0.5, 0.6) is 0 Å². The molecule has 0 spiro atoms. The van der Waals surface area contributed by atoms with Gasteiger partial charge in [0, 0.05) is 0 Å². The summed E-state index contributed by atoms with van der Waals surface area (Å²) in [4.78, 5) is 2.55. The Labute approximate surface area is 119 Å². The van der Waals surface area contributed by atoms with Crippen LogP contribution in [0.15, 0.2) is 0 Å². The van der Waals surface area contributed by atoms with Gasteiger partial charge in [-0.05, 0) is 70.0 Å². The highest BCUT2D eigenvalue weighted by Crippen LogP contribution is 2.34. The van der Waals surface area contributed by atoms with Gasteiger partial charge in [0.25, 0.3) is 0 Å². The van der Waals surface area contributed by atoms with Crippen LogP contribution in [0.25, 0.3) is 0 Å². The molecule has 0 aromatic carbocycles. The first-order valence-electron chi connectivity index (χ1n) is 7.67. The van der Waals surface area contributed by atoms with Crippen molar-refractivity contribution in [3.8, 4) is 6.07 Å². The highest BCUT2D eigenvalue weighted by molar-refractivity contribution is 5.00. The van der Waals surface area contributed by atoms with Crippen molar-refractivity contribution in [2.75, 3.05) is 19.6 Å². The van der Waals surface area contributed by atoms with E-state index < -0.39 is 5.54 Å². The molecule has 0 aliphatic carbocycles. The molecular weight excluding hydrogens is 234 g/mol. The van der Waals surface area contributed by atoms with Crippen molar-refractivity contribution >= 4 is 0 Å². The smallest absolute Gasteiger partial charge is 0.101 e. The van der Waals surface area contributed by atoms with Gasteiger partial charge in [-0.1, -0.05) is 20.8 Å². The first kappa shape index (κ1) is 16.5. The van der Waals surface area contributed by atoms with Crippen LogP contribution in [-0.2, 0) is 0 Å². The van der Waals surface area contributed by atoms with Crippen molar-refractivity contribution in [3.63, 3.8) is 0 Å². The molecule has 2 unspecified atom stereocenters. The van der Waals surface area contributed by atoms with E-state index in [1.54, 1.807) is 0 Å². The summed E-state index contributed by atoms with van der Waals surface area (Å²) < 4.78 is 0. The van der Waals surface area contributed by atoms with Crippen LogP contribution < -0.4 is 5.73 Å². The van der Waals surface area contributed by atoms with E-state index >= 15 is 0 Å². The predicted octanol–water partition coefficient (Wildman–Crippen LogP) is 3.16. The van der Waals surface area contributed by atoms with E-state index in [9.17, 15) is 0 Å². The van der Waals surface area contributed by atoms with E-state index in [1.165, 1.54) is 32.4 Å². The van der Waals surface area contributed by atoms with Crippen LogP contribution in [-0.4, -0.2) is 30.1 Å². The first-order valence-corrected chi connectivity index (χ1v) is 7.67. The lowest BCUT2D eigenvalue weighted by Crippen LogP contribution is -2.35. The van der Waals surface area contributed by atoms with Gasteiger partial charge in [-0.3, -0.25) is 0 Å². The van der Waals surface area contributed by atoms with Crippen molar-refractivity contribution in [1.29, 1.82) is 5.26 Å². The first-order chi connectivity index (χ1) is 8.74. The largest absolute Gasteiger partial charge is 0.314 e. The average molecular weight is 265 g/mol. The zero-order valence-electron chi connectivity index (χ0n) is 13.2. The Morgan fingerprint density at radius 3 is 2.47 bits per heavy atom. The molecule has 0 aromatic heterocycles. The van der Waals surface area contributed by atoms with Crippen molar-refractivity contribution in [2.45, 2.75) is 65.3 Å². The molecular formula is C16H31N3. The van der Waals surface area contributed by atoms with Gasteiger partial charge in [0.05, 0.1) is 6.07 Å². The van der Waals surface area contributed by atoms with Crippen molar-refractivity contribution in [2.24, 2.45) is 17.1 Å². The van der Waals surface area contributed by atoms with Crippen LogP contribution in [0.4, 0.5) is 0 Å². The molecule has 19 heavy (non-hydrogen) atoms. The lowest BCUT2D eigenvalue weighted by molar-refractivity contribution is 0.207. The summed E-state index contributed by atoms with van der Waals surface area (Å²) in [7, 11) is 0. The summed E-state index contributed by atoms with van der Waals surface area (Å²) in [5.41, 5.74) is 5.65. The molecule has 0 amide bonds. The third kappa shape index (κ3) is 5.93. The van der Waals surface area contributed by atoms with Crippen LogP contribution in [0, 0.1) is 22.7 Å². The van der Waals surface area contributed by atoms with Gasteiger partial charge in [0.15, 0.2) is 0 Å². The second kappa shape index (κ2) is 6.72. The van der Waals surface area contributed by atoms with Gasteiger partial charge in [0.2, 0.25) is 0 Å². The van der Waals surface area contributed by atoms with E-state index in [0.29, 0.717) is 5.41 Å². The monoisotopic (exact) mass is 265 g/mol. The van der Waals surface area contributed by atoms with Crippen molar-refractivity contribution in [3.05, 3.63) is 0 Å². The molecule has 3 heteroatoms. The van der Waals surface area contributed by atoms with Gasteiger partial charge < -0.3 is 10.6 Å². The minimum atomic E-state index is -0.653. The molecule has 1 rings (SSSR count). The highest BCUT2D eigenvalue weighted by atomic mass is 15.1. The second-order valence-electron chi connectivity index (χ2n) is 7.47. The van der Waals surface area contributed by atoms with E-state index in [0.717, 1.165) is 25.3 Å². The molecule has 0 radical (unpaired) electrons. The quantitative estimate of drug-likeness (QED) is 0.849. The molecule has 1 heterocycles. The minimum Gasteiger partial charge on any atom is -0.314 e. The Morgan fingerprint density at radius 2 is 1.89 bits per heavy atom. The third-order valence-electron chi connectivity index (χ3n) is 4.47. The van der Waals surface area contributed by atoms with E-state index in [-0.39, 0.29) is 0 Å². The van der Waals surface area contributed by atoms with Crippen LogP contribution in [0.1, 0.15) is 59.8 Å². The van der Waals surface area contributed by atoms with Crippen LogP contribution >= 0.6 is 0 Å². The Hall–Kier alpha value is -0.590. The molecule has 0 saturated carbocycles. The van der Waals surface area contributed by atoms with E-state index in [1.807, 2.05) is 6.92 Å². The standard InChI is InChI=1S/C16H31N3/c1-15(2,3)14-7-5-10-19(12-8-14)11-6-9-16(4,18)13-17/h14H,5-12,18H2,1-4H3. The number of likely N-dealkylation sites (tertiary alicyclic amines) is 1. The fourth-order valence-corrected chi connectivity index (χ4v) is 2.97. The molecule has 2 atom stereocenters. The van der Waals surface area contributed by atoms with Crippen molar-refractivity contribution < 1.29 is 0 Å². The van der Waals surface area contributed by atoms with Crippen LogP contribution in [0.3, 0.4) is 0 Å². The molecule has 0 bridgehead atoms. The Bertz CT molecular complexity index is 309. The maximum Gasteiger partial charge on any atom is 0.101 e. The summed E-state index contributed by atoms with van der Waals surface area (Å²) in [5.74, 6) is 0.844. The second-order valence-corrected chi connectivity index (χ2v) is 7.47. The fraction of sp³-hybridized carbons (Fsp3) is 0.938. The zero-order valence-corrected chi connectivity index (χ0v) is 13.2. The molecule has 1 aliphatic heterocycles. The van der Waals surface area contributed by atoms with E-state index in [4.69, 9.17) is 11.0 Å². The maximum absolute atomic E-state index is 8.91. The molecule has 3 nitrogen and oxygen atoms in total. The average Bonchev–Trinajstić information content (AvgIpc) is 2.54. The normalized spacial score (nSPS) is 25.4. The van der Waals surface area contributed by atoms with Gasteiger partial charge in [-0.2, -0.15) is 5.26 Å². The van der Waals surface area contributed by atoms with Gasteiger partial charge in [0.1, 0.15) is 5.54 Å². The SMILES string of the molecule is CC(N)(C#N)CCCN1CCCC(C(C)(C)C)CC1. The van der Waals surface area contributed by atoms with Gasteiger partial charge >= 0.3 is 0 Å². The number of hydrogen-bond acceptors (Lipinski definition) is 3. The molecule has 1 aliphatic rings. The Balaban J connectivity index is 2.32. The van der Waals surface area contributed by atoms with Gasteiger partial charge in [-0.25, -0.2) is 0 Å². The predicted molar refractivity (Wildman–Crippen MR) is 80.7 cm³/mol. The third-order valence-corrected chi connectivity index (χ3v) is 4.47. The minimum absolute atomic E-state index is 0.437. The molecule has 110 valence electrons.